The van der Waals surface area contributed by atoms with Crippen LogP contribution in [-0.4, -0.2) is 24.2 Å². The molecule has 74 valence electrons. The molecule has 0 aromatic carbocycles. The Labute approximate surface area is 77.1 Å². The molecule has 0 aliphatic carbocycles. The van der Waals surface area contributed by atoms with Gasteiger partial charge in [0, 0.05) is 24.2 Å². The molecular weight excluding hydrogens is 148 g/mol. The van der Waals surface area contributed by atoms with Crippen molar-refractivity contribution in [2.24, 2.45) is 0 Å². The number of rotatable bonds is 5. The van der Waals surface area contributed by atoms with E-state index in [1.54, 1.807) is 0 Å². The van der Waals surface area contributed by atoms with E-state index in [-0.39, 0.29) is 0 Å². The zero-order valence-electron chi connectivity index (χ0n) is 9.31. The maximum Gasteiger partial charge on any atom is 0.0192 e. The summed E-state index contributed by atoms with van der Waals surface area (Å²) in [5.41, 5.74) is 0. The topological polar surface area (TPSA) is 24.1 Å². The summed E-state index contributed by atoms with van der Waals surface area (Å²) in [6.45, 7) is 13.2. The Morgan fingerprint density at radius 1 is 0.583 bits per heavy atom. The first kappa shape index (κ1) is 11.9. The lowest BCUT2D eigenvalue weighted by Crippen LogP contribution is -2.48. The van der Waals surface area contributed by atoms with Crippen LogP contribution in [-0.2, 0) is 0 Å². The van der Waals surface area contributed by atoms with Gasteiger partial charge in [0.25, 0.3) is 0 Å². The lowest BCUT2D eigenvalue weighted by atomic mass is 10.1. The highest BCUT2D eigenvalue weighted by Crippen LogP contribution is 1.95. The van der Waals surface area contributed by atoms with Crippen LogP contribution in [0, 0.1) is 0 Å². The minimum Gasteiger partial charge on any atom is -0.311 e. The predicted octanol–water partition coefficient (Wildman–Crippen LogP) is 1.76. The van der Waals surface area contributed by atoms with Crippen molar-refractivity contribution in [2.45, 2.75) is 65.7 Å². The fourth-order valence-corrected chi connectivity index (χ4v) is 1.34. The monoisotopic (exact) mass is 172 g/mol. The second-order valence-electron chi connectivity index (χ2n) is 4.22. The summed E-state index contributed by atoms with van der Waals surface area (Å²) >= 11 is 0. The molecular formula is C10H24N2. The predicted molar refractivity (Wildman–Crippen MR) is 55.5 cm³/mol. The lowest BCUT2D eigenvalue weighted by Gasteiger charge is -2.26. The molecule has 2 atom stereocenters. The average Bonchev–Trinajstić information content (AvgIpc) is 1.84. The molecule has 2 N–H and O–H groups in total. The largest absolute Gasteiger partial charge is 0.311 e. The van der Waals surface area contributed by atoms with Crippen molar-refractivity contribution in [1.82, 2.24) is 10.6 Å². The Bertz CT molecular complexity index is 96.4. The van der Waals surface area contributed by atoms with Gasteiger partial charge >= 0.3 is 0 Å². The maximum atomic E-state index is 3.49. The molecule has 0 amide bonds. The smallest absolute Gasteiger partial charge is 0.0192 e. The third kappa shape index (κ3) is 5.56. The van der Waals surface area contributed by atoms with E-state index >= 15 is 0 Å². The van der Waals surface area contributed by atoms with Crippen molar-refractivity contribution < 1.29 is 0 Å². The van der Waals surface area contributed by atoms with E-state index in [0.717, 1.165) is 0 Å². The Morgan fingerprint density at radius 2 is 0.833 bits per heavy atom. The molecule has 0 aromatic rings. The fraction of sp³-hybridized carbons (Fsp3) is 1.00. The van der Waals surface area contributed by atoms with E-state index < -0.39 is 0 Å². The molecule has 0 bridgehead atoms. The molecule has 2 unspecified atom stereocenters. The summed E-state index contributed by atoms with van der Waals surface area (Å²) in [7, 11) is 0. The van der Waals surface area contributed by atoms with Crippen molar-refractivity contribution in [1.29, 1.82) is 0 Å². The van der Waals surface area contributed by atoms with Crippen molar-refractivity contribution in [2.75, 3.05) is 0 Å². The van der Waals surface area contributed by atoms with Gasteiger partial charge < -0.3 is 10.6 Å². The average molecular weight is 172 g/mol. The molecule has 0 spiro atoms. The summed E-state index contributed by atoms with van der Waals surface area (Å²) < 4.78 is 0. The lowest BCUT2D eigenvalue weighted by molar-refractivity contribution is 0.365. The standard InChI is InChI=1S/C10H24N2/c1-7(2)11-9(5)10(6)12-8(3)4/h7-12H,1-6H3. The van der Waals surface area contributed by atoms with Crippen molar-refractivity contribution in [3.63, 3.8) is 0 Å². The molecule has 0 rings (SSSR count). The van der Waals surface area contributed by atoms with Crippen LogP contribution in [0.3, 0.4) is 0 Å². The second kappa shape index (κ2) is 5.55. The molecule has 0 saturated carbocycles. The Morgan fingerprint density at radius 3 is 1.00 bits per heavy atom. The summed E-state index contributed by atoms with van der Waals surface area (Å²) in [5, 5.41) is 6.97. The summed E-state index contributed by atoms with van der Waals surface area (Å²) in [6.07, 6.45) is 0. The second-order valence-corrected chi connectivity index (χ2v) is 4.22. The highest BCUT2D eigenvalue weighted by Gasteiger charge is 2.12. The van der Waals surface area contributed by atoms with Crippen LogP contribution >= 0.6 is 0 Å². The Kier molecular flexibility index (Phi) is 5.51. The van der Waals surface area contributed by atoms with Crippen LogP contribution in [0.1, 0.15) is 41.5 Å². The van der Waals surface area contributed by atoms with Gasteiger partial charge in [-0.05, 0) is 13.8 Å². The van der Waals surface area contributed by atoms with Gasteiger partial charge in [-0.2, -0.15) is 0 Å². The molecule has 2 heteroatoms. The molecule has 0 aliphatic heterocycles. The van der Waals surface area contributed by atoms with Crippen LogP contribution in [0.2, 0.25) is 0 Å². The van der Waals surface area contributed by atoms with Gasteiger partial charge in [0.2, 0.25) is 0 Å². The van der Waals surface area contributed by atoms with Gasteiger partial charge in [0.1, 0.15) is 0 Å². The van der Waals surface area contributed by atoms with Gasteiger partial charge in [0.05, 0.1) is 0 Å². The molecule has 0 heterocycles. The minimum atomic E-state index is 0.535. The number of nitrogens with one attached hydrogen (secondary N) is 2. The van der Waals surface area contributed by atoms with Crippen LogP contribution < -0.4 is 10.6 Å². The van der Waals surface area contributed by atoms with Crippen molar-refractivity contribution >= 4 is 0 Å². The van der Waals surface area contributed by atoms with Gasteiger partial charge in [-0.1, -0.05) is 27.7 Å². The number of hydrogen-bond acceptors (Lipinski definition) is 2. The van der Waals surface area contributed by atoms with Crippen LogP contribution in [0.5, 0.6) is 0 Å². The summed E-state index contributed by atoms with van der Waals surface area (Å²) in [4.78, 5) is 0. The van der Waals surface area contributed by atoms with Gasteiger partial charge in [-0.25, -0.2) is 0 Å². The highest BCUT2D eigenvalue weighted by molar-refractivity contribution is 4.77. The quantitative estimate of drug-likeness (QED) is 0.660. The Hall–Kier alpha value is -0.0800. The van der Waals surface area contributed by atoms with E-state index in [0.29, 0.717) is 24.2 Å². The molecule has 12 heavy (non-hydrogen) atoms. The fourth-order valence-electron chi connectivity index (χ4n) is 1.34. The van der Waals surface area contributed by atoms with Crippen LogP contribution in [0.15, 0.2) is 0 Å². The highest BCUT2D eigenvalue weighted by atomic mass is 15.0. The van der Waals surface area contributed by atoms with Gasteiger partial charge in [0.15, 0.2) is 0 Å². The minimum absolute atomic E-state index is 0.535. The summed E-state index contributed by atoms with van der Waals surface area (Å²) in [5.74, 6) is 0. The normalized spacial score (nSPS) is 17.0. The third-order valence-corrected chi connectivity index (χ3v) is 1.94. The first-order valence-corrected chi connectivity index (χ1v) is 4.95. The zero-order valence-corrected chi connectivity index (χ0v) is 9.31. The maximum absolute atomic E-state index is 3.49. The van der Waals surface area contributed by atoms with E-state index in [1.165, 1.54) is 0 Å². The molecule has 2 nitrogen and oxygen atoms in total. The molecule has 0 saturated heterocycles. The van der Waals surface area contributed by atoms with Crippen molar-refractivity contribution in [3.05, 3.63) is 0 Å². The van der Waals surface area contributed by atoms with E-state index in [4.69, 9.17) is 0 Å². The molecule has 0 fully saturated rings. The Balaban J connectivity index is 3.68. The van der Waals surface area contributed by atoms with Crippen molar-refractivity contribution in [3.8, 4) is 0 Å². The SMILES string of the molecule is CC(C)NC(C)C(C)NC(C)C. The van der Waals surface area contributed by atoms with Gasteiger partial charge in [-0.15, -0.1) is 0 Å². The zero-order chi connectivity index (χ0) is 9.72. The molecule has 0 radical (unpaired) electrons. The summed E-state index contributed by atoms with van der Waals surface area (Å²) in [6, 6.07) is 2.20. The van der Waals surface area contributed by atoms with E-state index in [9.17, 15) is 0 Å². The van der Waals surface area contributed by atoms with E-state index in [2.05, 4.69) is 52.2 Å². The number of hydrogen-bond donors (Lipinski definition) is 2. The van der Waals surface area contributed by atoms with Gasteiger partial charge in [-0.3, -0.25) is 0 Å². The first-order valence-electron chi connectivity index (χ1n) is 4.95. The molecule has 0 aliphatic rings. The first-order chi connectivity index (χ1) is 5.43. The van der Waals surface area contributed by atoms with E-state index in [1.807, 2.05) is 0 Å². The van der Waals surface area contributed by atoms with Crippen LogP contribution in [0.25, 0.3) is 0 Å². The van der Waals surface area contributed by atoms with Crippen LogP contribution in [0.4, 0.5) is 0 Å². The molecule has 0 aromatic heterocycles. The third-order valence-electron chi connectivity index (χ3n) is 1.94.